The van der Waals surface area contributed by atoms with Gasteiger partial charge in [0.1, 0.15) is 16.3 Å². The molecule has 1 atom stereocenters. The van der Waals surface area contributed by atoms with Crippen molar-refractivity contribution in [2.24, 2.45) is 0 Å². The number of anilines is 1. The van der Waals surface area contributed by atoms with Crippen molar-refractivity contribution in [2.45, 2.75) is 89.7 Å². The van der Waals surface area contributed by atoms with E-state index in [9.17, 15) is 79.2 Å². The molecule has 3 amide bonds. The van der Waals surface area contributed by atoms with Crippen molar-refractivity contribution >= 4 is 107 Å². The Morgan fingerprint density at radius 3 is 1.79 bits per heavy atom. The van der Waals surface area contributed by atoms with E-state index in [4.69, 9.17) is 4.74 Å². The number of ether oxygens (including phenoxy) is 1. The van der Waals surface area contributed by atoms with E-state index in [1.165, 1.54) is 25.3 Å². The average Bonchev–Trinajstić information content (AvgIpc) is 3.84. The van der Waals surface area contributed by atoms with Crippen LogP contribution in [0.25, 0.3) is 21.5 Å². The van der Waals surface area contributed by atoms with Crippen LogP contribution >= 0.6 is 0 Å². The molecule has 0 spiro atoms. The minimum absolute atomic E-state index is 0.00634. The lowest BCUT2D eigenvalue weighted by atomic mass is 9.75. The number of amides is 3. The Morgan fingerprint density at radius 1 is 0.684 bits per heavy atom. The van der Waals surface area contributed by atoms with Crippen LogP contribution in [-0.2, 0) is 80.5 Å². The zero-order valence-electron chi connectivity index (χ0n) is 41.3. The molecule has 23 nitrogen and oxygen atoms in total. The van der Waals surface area contributed by atoms with Crippen molar-refractivity contribution in [3.05, 3.63) is 95.7 Å². The van der Waals surface area contributed by atoms with E-state index in [0.29, 0.717) is 59.7 Å². The third kappa shape index (κ3) is 11.9. The monoisotopic (exact) mass is 1150 g/mol. The minimum Gasteiger partial charge on any atom is -0.383 e. The smallest absolute Gasteiger partial charge is 0.295 e. The van der Waals surface area contributed by atoms with Gasteiger partial charge in [-0.3, -0.25) is 42.0 Å². The molecule has 0 radical (unpaired) electrons. The summed E-state index contributed by atoms with van der Waals surface area (Å²) >= 11 is 0. The normalized spacial score (nSPS) is 18.6. The van der Waals surface area contributed by atoms with E-state index in [1.54, 1.807) is 50.0 Å². The second kappa shape index (κ2) is 21.2. The summed E-state index contributed by atoms with van der Waals surface area (Å²) in [5, 5.41) is 2.52. The number of hydrogen-bond donors (Lipinski definition) is 6. The number of carbonyl (C=O) groups excluding carboxylic acids is 3. The standard InChI is InChI=1S/C48H54N4O19S5/c1-47(2)40(10-8-11-41-48(3,19-9-25-72(56,57)58)46-35-27-31(74(62,63)64)29-39(76(68,69)70)33(35)14-16-37(46)51(41)23-24-71-4)50(21-7-5-6-12-42(53)49-20-22-52-43(54)17-18-44(52)55)36-15-13-32-34(45(36)47)26-30(73(59,60)61)28-38(32)75(65,66)67/h8,10-11,13-18,26-29H,5-7,9,12,19-25H2,1-4H3,(H5-,49,53,56,57,58,59,60,61,62,63,64,65,66,67,68,69,70)/p+1. The molecule has 3 aliphatic heterocycles. The number of methoxy groups -OCH3 is 1. The average molecular weight is 1150 g/mol. The molecule has 0 bridgehead atoms. The molecule has 3 heterocycles. The molecule has 4 aromatic carbocycles. The number of rotatable bonds is 22. The first-order valence-corrected chi connectivity index (χ1v) is 30.7. The van der Waals surface area contributed by atoms with Gasteiger partial charge in [-0.25, -0.2) is 0 Å². The third-order valence-electron chi connectivity index (χ3n) is 13.7. The SMILES string of the molecule is COCCN1C(=CC=CC2=[N+](CCCCCC(=O)NCCN3C(=O)C=CC3=O)c3ccc4c(S(=O)(=O)O)cc(S(=O)(=O)O)cc4c3C2(C)C)C(C)(CCCS(=O)(=O)O)c2c1ccc1c(S(=O)(=O)O)cc(S(=O)(=O)O)cc21. The van der Waals surface area contributed by atoms with Gasteiger partial charge >= 0.3 is 0 Å². The van der Waals surface area contributed by atoms with Crippen LogP contribution in [0.2, 0.25) is 0 Å². The topological polar surface area (TPSA) is 354 Å². The van der Waals surface area contributed by atoms with Crippen molar-refractivity contribution in [1.29, 1.82) is 0 Å². The Morgan fingerprint density at radius 2 is 1.25 bits per heavy atom. The lowest BCUT2D eigenvalue weighted by Gasteiger charge is -2.31. The quantitative estimate of drug-likeness (QED) is 0.0273. The van der Waals surface area contributed by atoms with Gasteiger partial charge in [0, 0.05) is 97.0 Å². The van der Waals surface area contributed by atoms with E-state index in [2.05, 4.69) is 5.32 Å². The molecular formula is C48H55N4O19S5+. The molecule has 3 aliphatic rings. The molecule has 28 heteroatoms. The van der Waals surface area contributed by atoms with E-state index >= 15 is 0 Å². The molecule has 7 rings (SSSR count). The zero-order chi connectivity index (χ0) is 56.1. The van der Waals surface area contributed by atoms with Gasteiger partial charge in [0.2, 0.25) is 11.6 Å². The maximum absolute atomic E-state index is 12.8. The first kappa shape index (κ1) is 57.9. The molecule has 0 aromatic heterocycles. The highest BCUT2D eigenvalue weighted by molar-refractivity contribution is 7.87. The molecule has 0 aliphatic carbocycles. The largest absolute Gasteiger partial charge is 0.383 e. The third-order valence-corrected chi connectivity index (χ3v) is 18.0. The maximum Gasteiger partial charge on any atom is 0.295 e. The number of nitrogens with zero attached hydrogens (tertiary/aromatic N) is 3. The van der Waals surface area contributed by atoms with Crippen LogP contribution in [0, 0.1) is 0 Å². The Balaban J connectivity index is 1.35. The van der Waals surface area contributed by atoms with Crippen LogP contribution in [0.1, 0.15) is 70.4 Å². The first-order valence-electron chi connectivity index (χ1n) is 23.4. The maximum atomic E-state index is 12.8. The summed E-state index contributed by atoms with van der Waals surface area (Å²) in [4.78, 5) is 36.0. The van der Waals surface area contributed by atoms with E-state index in [-0.39, 0.29) is 85.1 Å². The molecule has 1 unspecified atom stereocenters. The number of allylic oxidation sites excluding steroid dienone is 4. The molecule has 76 heavy (non-hydrogen) atoms. The fourth-order valence-electron chi connectivity index (χ4n) is 10.4. The van der Waals surface area contributed by atoms with Gasteiger partial charge in [-0.15, -0.1) is 0 Å². The van der Waals surface area contributed by atoms with Crippen LogP contribution in [-0.4, -0.2) is 143 Å². The number of imide groups is 1. The lowest BCUT2D eigenvalue weighted by molar-refractivity contribution is -0.438. The number of fused-ring (bicyclic) bond motifs is 6. The Kier molecular flexibility index (Phi) is 16.2. The molecular weight excluding hydrogens is 1100 g/mol. The summed E-state index contributed by atoms with van der Waals surface area (Å²) in [6.45, 7) is 5.72. The second-order valence-electron chi connectivity index (χ2n) is 19.1. The highest BCUT2D eigenvalue weighted by Gasteiger charge is 2.48. The molecule has 0 fully saturated rings. The summed E-state index contributed by atoms with van der Waals surface area (Å²) < 4.78 is 184. The molecule has 6 N–H and O–H groups in total. The highest BCUT2D eigenvalue weighted by atomic mass is 32.2. The summed E-state index contributed by atoms with van der Waals surface area (Å²) in [6, 6.07) is 9.24. The molecule has 0 saturated heterocycles. The summed E-state index contributed by atoms with van der Waals surface area (Å²) in [7, 11) is -23.5. The van der Waals surface area contributed by atoms with Gasteiger partial charge in [-0.2, -0.15) is 46.7 Å². The van der Waals surface area contributed by atoms with E-state index in [1.807, 2.05) is 4.58 Å². The molecule has 410 valence electrons. The zero-order valence-corrected chi connectivity index (χ0v) is 45.4. The van der Waals surface area contributed by atoms with Gasteiger partial charge in [-0.05, 0) is 105 Å². The number of benzene rings is 4. The van der Waals surface area contributed by atoms with Crippen molar-refractivity contribution in [3.8, 4) is 0 Å². The minimum atomic E-state index is -5.14. The molecule has 4 aromatic rings. The van der Waals surface area contributed by atoms with Gasteiger partial charge in [0.15, 0.2) is 5.71 Å². The van der Waals surface area contributed by atoms with Crippen LogP contribution in [0.5, 0.6) is 0 Å². The van der Waals surface area contributed by atoms with Crippen LogP contribution in [0.3, 0.4) is 0 Å². The van der Waals surface area contributed by atoms with Gasteiger partial charge < -0.3 is 15.0 Å². The number of carbonyl (C=O) groups is 3. The fraction of sp³-hybridized carbons (Fsp3) is 0.375. The predicted molar refractivity (Wildman–Crippen MR) is 277 cm³/mol. The number of nitrogens with one attached hydrogen (secondary N) is 1. The van der Waals surface area contributed by atoms with Crippen LogP contribution < -0.4 is 10.2 Å². The van der Waals surface area contributed by atoms with Crippen molar-refractivity contribution in [2.75, 3.05) is 50.5 Å². The Hall–Kier alpha value is -5.79. The summed E-state index contributed by atoms with van der Waals surface area (Å²) in [6.07, 6.45) is 8.49. The highest BCUT2D eigenvalue weighted by Crippen LogP contribution is 2.54. The van der Waals surface area contributed by atoms with Gasteiger partial charge in [-0.1, -0.05) is 12.1 Å². The summed E-state index contributed by atoms with van der Waals surface area (Å²) in [5.74, 6) is -1.99. The van der Waals surface area contributed by atoms with Gasteiger partial charge in [0.05, 0.1) is 27.6 Å². The molecule has 0 saturated carbocycles. The second-order valence-corrected chi connectivity index (χ2v) is 26.3. The Labute approximate surface area is 439 Å². The Bertz CT molecular complexity index is 3810. The van der Waals surface area contributed by atoms with Crippen molar-refractivity contribution in [1.82, 2.24) is 10.2 Å². The fourth-order valence-corrected chi connectivity index (χ4v) is 13.6. The first-order chi connectivity index (χ1) is 35.2. The van der Waals surface area contributed by atoms with Crippen molar-refractivity contribution < 1.29 is 88.5 Å². The number of hydrogen-bond acceptors (Lipinski definition) is 15. The summed E-state index contributed by atoms with van der Waals surface area (Å²) in [5.41, 5.74) is -0.000548. The van der Waals surface area contributed by atoms with Crippen molar-refractivity contribution in [3.63, 3.8) is 0 Å². The van der Waals surface area contributed by atoms with E-state index in [0.717, 1.165) is 29.2 Å². The lowest BCUT2D eigenvalue weighted by Crippen LogP contribution is -2.38. The number of unbranched alkanes of at least 4 members (excludes halogenated alkanes) is 2. The van der Waals surface area contributed by atoms with Crippen LogP contribution in [0.4, 0.5) is 11.4 Å². The van der Waals surface area contributed by atoms with E-state index < -0.39 is 98.6 Å². The van der Waals surface area contributed by atoms with Crippen LogP contribution in [0.15, 0.2) is 104 Å². The predicted octanol–water partition coefficient (Wildman–Crippen LogP) is 4.49. The van der Waals surface area contributed by atoms with Gasteiger partial charge in [0.25, 0.3) is 62.4 Å².